The van der Waals surface area contributed by atoms with Crippen LogP contribution in [-0.2, 0) is 27.6 Å². The van der Waals surface area contributed by atoms with E-state index in [-0.39, 0.29) is 29.5 Å². The van der Waals surface area contributed by atoms with Gasteiger partial charge in [0.1, 0.15) is 5.69 Å². The van der Waals surface area contributed by atoms with Crippen molar-refractivity contribution in [1.29, 1.82) is 0 Å². The number of aromatic nitrogens is 2. The van der Waals surface area contributed by atoms with E-state index in [0.29, 0.717) is 41.4 Å². The summed E-state index contributed by atoms with van der Waals surface area (Å²) in [4.78, 5) is 26.2. The first kappa shape index (κ1) is 24.3. The number of hydrogen-bond acceptors (Lipinski definition) is 4. The van der Waals surface area contributed by atoms with Crippen LogP contribution in [-0.4, -0.2) is 41.1 Å². The van der Waals surface area contributed by atoms with E-state index in [9.17, 15) is 18.0 Å². The van der Waals surface area contributed by atoms with Gasteiger partial charge in [-0.25, -0.2) is 17.4 Å². The van der Waals surface area contributed by atoms with Gasteiger partial charge in [-0.2, -0.15) is 0 Å². The number of rotatable bonds is 6. The van der Waals surface area contributed by atoms with Crippen molar-refractivity contribution in [3.63, 3.8) is 0 Å². The Labute approximate surface area is 203 Å². The van der Waals surface area contributed by atoms with Gasteiger partial charge in [-0.05, 0) is 49.6 Å². The van der Waals surface area contributed by atoms with Gasteiger partial charge in [0, 0.05) is 25.2 Å². The van der Waals surface area contributed by atoms with Crippen LogP contribution in [0.25, 0.3) is 5.69 Å². The Morgan fingerprint density at radius 2 is 1.79 bits per heavy atom. The zero-order chi connectivity index (χ0) is 24.5. The second-order valence-electron chi connectivity index (χ2n) is 8.51. The molecule has 1 N–H and O–H groups in total. The number of carbonyl (C=O) groups excluding carboxylic acids is 1. The van der Waals surface area contributed by atoms with Crippen LogP contribution in [0, 0.1) is 12.8 Å². The predicted octanol–water partition coefficient (Wildman–Crippen LogP) is 3.32. The lowest BCUT2D eigenvalue weighted by Crippen LogP contribution is -2.44. The monoisotopic (exact) mass is 502 g/mol. The average molecular weight is 503 g/mol. The molecule has 1 amide bonds. The molecule has 2 aromatic carbocycles. The molecule has 2 heterocycles. The van der Waals surface area contributed by atoms with Crippen LogP contribution in [0.3, 0.4) is 0 Å². The maximum absolute atomic E-state index is 13.1. The third kappa shape index (κ3) is 4.96. The van der Waals surface area contributed by atoms with Crippen molar-refractivity contribution in [2.24, 2.45) is 13.0 Å². The topological polar surface area (TPSA) is 93.4 Å². The van der Waals surface area contributed by atoms with Crippen molar-refractivity contribution in [3.05, 3.63) is 81.2 Å². The quantitative estimate of drug-likeness (QED) is 0.559. The first-order valence-electron chi connectivity index (χ1n) is 11.0. The van der Waals surface area contributed by atoms with E-state index in [1.165, 1.54) is 8.99 Å². The summed E-state index contributed by atoms with van der Waals surface area (Å²) in [5.41, 5.74) is 1.82. The molecule has 8 nitrogen and oxygen atoms in total. The molecule has 1 saturated heterocycles. The van der Waals surface area contributed by atoms with Gasteiger partial charge in [-0.15, -0.1) is 0 Å². The molecule has 4 rings (SSSR count). The maximum Gasteiger partial charge on any atom is 0.295 e. The van der Waals surface area contributed by atoms with Gasteiger partial charge in [0.2, 0.25) is 15.9 Å². The van der Waals surface area contributed by atoms with Crippen molar-refractivity contribution in [2.45, 2.75) is 25.5 Å². The second-order valence-corrected chi connectivity index (χ2v) is 10.9. The molecule has 1 aromatic heterocycles. The van der Waals surface area contributed by atoms with E-state index in [4.69, 9.17) is 11.6 Å². The Balaban J connectivity index is 1.50. The number of nitrogens with zero attached hydrogens (tertiary/aromatic N) is 3. The van der Waals surface area contributed by atoms with Gasteiger partial charge in [-0.1, -0.05) is 41.9 Å². The van der Waals surface area contributed by atoms with Gasteiger partial charge in [0.15, 0.2) is 0 Å². The standard InChI is InChI=1S/C24H27ClN4O4S/c1-17-22(24(31)29(27(17)2)21-8-4-3-5-9-21)26-23(30)19-7-6-14-28(15-19)34(32,33)16-18-10-12-20(25)13-11-18/h3-5,8-13,19H,6-7,14-16H2,1-2H3,(H,26,30). The Bertz CT molecular complexity index is 1350. The lowest BCUT2D eigenvalue weighted by molar-refractivity contribution is -0.120. The Hall–Kier alpha value is -2.88. The molecule has 0 spiro atoms. The highest BCUT2D eigenvalue weighted by atomic mass is 35.5. The highest BCUT2D eigenvalue weighted by Gasteiger charge is 2.33. The fourth-order valence-corrected chi connectivity index (χ4v) is 5.97. The van der Waals surface area contributed by atoms with Crippen molar-refractivity contribution in [1.82, 2.24) is 13.7 Å². The molecule has 1 unspecified atom stereocenters. The van der Waals surface area contributed by atoms with Crippen LogP contribution in [0.5, 0.6) is 0 Å². The number of benzene rings is 2. The zero-order valence-corrected chi connectivity index (χ0v) is 20.6. The largest absolute Gasteiger partial charge is 0.320 e. The number of anilines is 1. The molecule has 1 atom stereocenters. The fourth-order valence-electron chi connectivity index (χ4n) is 4.23. The van der Waals surface area contributed by atoms with Crippen LogP contribution in [0.4, 0.5) is 5.69 Å². The minimum Gasteiger partial charge on any atom is -0.320 e. The number of amides is 1. The molecular formula is C24H27ClN4O4S. The Morgan fingerprint density at radius 1 is 1.12 bits per heavy atom. The number of carbonyl (C=O) groups is 1. The summed E-state index contributed by atoms with van der Waals surface area (Å²) >= 11 is 5.89. The number of sulfonamides is 1. The highest BCUT2D eigenvalue weighted by Crippen LogP contribution is 2.24. The summed E-state index contributed by atoms with van der Waals surface area (Å²) in [7, 11) is -1.85. The fraction of sp³-hybridized carbons (Fsp3) is 0.333. The van der Waals surface area contributed by atoms with Crippen molar-refractivity contribution >= 4 is 33.2 Å². The molecule has 1 aliphatic rings. The normalized spacial score (nSPS) is 17.0. The summed E-state index contributed by atoms with van der Waals surface area (Å²) in [6.07, 6.45) is 1.12. The van der Waals surface area contributed by atoms with Crippen molar-refractivity contribution in [2.75, 3.05) is 18.4 Å². The molecule has 0 saturated carbocycles. The maximum atomic E-state index is 13.1. The zero-order valence-electron chi connectivity index (χ0n) is 19.1. The number of halogens is 1. The van der Waals surface area contributed by atoms with E-state index in [1.54, 1.807) is 42.9 Å². The minimum atomic E-state index is -3.60. The predicted molar refractivity (Wildman–Crippen MR) is 133 cm³/mol. The molecule has 10 heteroatoms. The Kier molecular flexibility index (Phi) is 6.97. The van der Waals surface area contributed by atoms with Gasteiger partial charge in [0.25, 0.3) is 5.56 Å². The minimum absolute atomic E-state index is 0.0838. The lowest BCUT2D eigenvalue weighted by atomic mass is 9.99. The first-order chi connectivity index (χ1) is 16.2. The molecule has 180 valence electrons. The smallest absolute Gasteiger partial charge is 0.295 e. The summed E-state index contributed by atoms with van der Waals surface area (Å²) in [6, 6.07) is 15.9. The van der Waals surface area contributed by atoms with Gasteiger partial charge < -0.3 is 5.32 Å². The summed E-state index contributed by atoms with van der Waals surface area (Å²) in [5.74, 6) is -1.05. The molecule has 34 heavy (non-hydrogen) atoms. The molecule has 0 bridgehead atoms. The summed E-state index contributed by atoms with van der Waals surface area (Å²) in [6.45, 7) is 2.21. The highest BCUT2D eigenvalue weighted by molar-refractivity contribution is 7.88. The third-order valence-corrected chi connectivity index (χ3v) is 8.28. The van der Waals surface area contributed by atoms with E-state index in [2.05, 4.69) is 5.32 Å². The van der Waals surface area contributed by atoms with Gasteiger partial charge in [-0.3, -0.25) is 14.3 Å². The SMILES string of the molecule is Cc1c(NC(=O)C2CCCN(S(=O)(=O)Cc3ccc(Cl)cc3)C2)c(=O)n(-c2ccccc2)n1C. The second kappa shape index (κ2) is 9.77. The number of para-hydroxylation sites is 1. The summed E-state index contributed by atoms with van der Waals surface area (Å²) in [5, 5.41) is 3.32. The van der Waals surface area contributed by atoms with E-state index < -0.39 is 15.9 Å². The van der Waals surface area contributed by atoms with E-state index in [0.717, 1.165) is 0 Å². The first-order valence-corrected chi connectivity index (χ1v) is 13.0. The summed E-state index contributed by atoms with van der Waals surface area (Å²) < 4.78 is 30.5. The van der Waals surface area contributed by atoms with Crippen LogP contribution in [0.1, 0.15) is 24.1 Å². The number of hydrogen-bond donors (Lipinski definition) is 1. The van der Waals surface area contributed by atoms with Gasteiger partial charge in [0.05, 0.1) is 23.1 Å². The molecule has 1 fully saturated rings. The van der Waals surface area contributed by atoms with Gasteiger partial charge >= 0.3 is 0 Å². The van der Waals surface area contributed by atoms with Crippen LogP contribution in [0.15, 0.2) is 59.4 Å². The molecule has 0 radical (unpaired) electrons. The Morgan fingerprint density at radius 3 is 2.47 bits per heavy atom. The van der Waals surface area contributed by atoms with Crippen molar-refractivity contribution in [3.8, 4) is 5.69 Å². The molecular weight excluding hydrogens is 476 g/mol. The van der Waals surface area contributed by atoms with E-state index in [1.807, 2.05) is 30.3 Å². The average Bonchev–Trinajstić information content (AvgIpc) is 3.04. The number of nitrogens with one attached hydrogen (secondary N) is 1. The van der Waals surface area contributed by atoms with Crippen LogP contribution < -0.4 is 10.9 Å². The number of piperidine rings is 1. The van der Waals surface area contributed by atoms with E-state index >= 15 is 0 Å². The molecule has 3 aromatic rings. The molecule has 1 aliphatic heterocycles. The van der Waals surface area contributed by atoms with Crippen LogP contribution in [0.2, 0.25) is 5.02 Å². The lowest BCUT2D eigenvalue weighted by Gasteiger charge is -2.31. The third-order valence-electron chi connectivity index (χ3n) is 6.21. The van der Waals surface area contributed by atoms with Crippen molar-refractivity contribution < 1.29 is 13.2 Å². The van der Waals surface area contributed by atoms with Crippen LogP contribution >= 0.6 is 11.6 Å². The molecule has 0 aliphatic carbocycles.